The van der Waals surface area contributed by atoms with Gasteiger partial charge in [0.15, 0.2) is 0 Å². The number of likely N-dealkylation sites (tertiary alicyclic amines) is 1. The zero-order valence-electron chi connectivity index (χ0n) is 12.2. The minimum atomic E-state index is -3.53. The van der Waals surface area contributed by atoms with Crippen LogP contribution in [0.2, 0.25) is 0 Å². The van der Waals surface area contributed by atoms with Crippen molar-refractivity contribution in [2.24, 2.45) is 0 Å². The second-order valence-electron chi connectivity index (χ2n) is 5.08. The molecule has 0 spiro atoms. The van der Waals surface area contributed by atoms with Crippen LogP contribution in [-0.4, -0.2) is 45.5 Å². The van der Waals surface area contributed by atoms with Crippen molar-refractivity contribution in [1.82, 2.24) is 9.62 Å². The Morgan fingerprint density at radius 1 is 1.24 bits per heavy atom. The van der Waals surface area contributed by atoms with Crippen molar-refractivity contribution in [1.29, 1.82) is 0 Å². The average Bonchev–Trinajstić information content (AvgIpc) is 2.47. The number of amides is 1. The molecule has 1 heterocycles. The van der Waals surface area contributed by atoms with E-state index in [-0.39, 0.29) is 16.8 Å². The van der Waals surface area contributed by atoms with Gasteiger partial charge in [-0.3, -0.25) is 4.79 Å². The molecule has 1 amide bonds. The van der Waals surface area contributed by atoms with Crippen LogP contribution in [-0.2, 0) is 14.8 Å². The molecule has 0 atom stereocenters. The van der Waals surface area contributed by atoms with E-state index in [0.717, 1.165) is 0 Å². The maximum atomic E-state index is 12.3. The molecule has 6 nitrogen and oxygen atoms in total. The fourth-order valence-electron chi connectivity index (χ4n) is 2.35. The van der Waals surface area contributed by atoms with Gasteiger partial charge in [-0.1, -0.05) is 0 Å². The minimum Gasteiger partial charge on any atom is -0.497 e. The first-order chi connectivity index (χ1) is 9.92. The summed E-state index contributed by atoms with van der Waals surface area (Å²) < 4.78 is 32.3. The first-order valence-electron chi connectivity index (χ1n) is 6.84. The van der Waals surface area contributed by atoms with Crippen molar-refractivity contribution in [3.63, 3.8) is 0 Å². The number of sulfonamides is 1. The lowest BCUT2D eigenvalue weighted by Gasteiger charge is -2.31. The minimum absolute atomic E-state index is 0.0338. The van der Waals surface area contributed by atoms with Gasteiger partial charge in [-0.05, 0) is 37.1 Å². The summed E-state index contributed by atoms with van der Waals surface area (Å²) in [6, 6.07) is 6.14. The maximum absolute atomic E-state index is 12.3. The Bertz CT molecular complexity index is 590. The number of nitrogens with one attached hydrogen (secondary N) is 1. The molecule has 1 fully saturated rings. The predicted octanol–water partition coefficient (Wildman–Crippen LogP) is 0.984. The van der Waals surface area contributed by atoms with E-state index in [9.17, 15) is 13.2 Å². The van der Waals surface area contributed by atoms with E-state index in [2.05, 4.69) is 4.72 Å². The topological polar surface area (TPSA) is 75.7 Å². The number of hydrogen-bond donors (Lipinski definition) is 1. The van der Waals surface area contributed by atoms with Crippen molar-refractivity contribution in [2.45, 2.75) is 30.7 Å². The number of hydrogen-bond acceptors (Lipinski definition) is 4. The van der Waals surface area contributed by atoms with E-state index >= 15 is 0 Å². The molecular weight excluding hydrogens is 292 g/mol. The summed E-state index contributed by atoms with van der Waals surface area (Å²) in [5.41, 5.74) is 0. The van der Waals surface area contributed by atoms with Crippen LogP contribution >= 0.6 is 0 Å². The molecule has 0 aromatic heterocycles. The highest BCUT2D eigenvalue weighted by atomic mass is 32.2. The lowest BCUT2D eigenvalue weighted by Crippen LogP contribution is -2.45. The van der Waals surface area contributed by atoms with E-state index in [4.69, 9.17) is 4.74 Å². The molecule has 116 valence electrons. The Balaban J connectivity index is 1.99. The molecule has 2 rings (SSSR count). The molecule has 0 radical (unpaired) electrons. The fraction of sp³-hybridized carbons (Fsp3) is 0.500. The number of carbonyl (C=O) groups is 1. The van der Waals surface area contributed by atoms with Gasteiger partial charge in [-0.15, -0.1) is 0 Å². The first-order valence-corrected chi connectivity index (χ1v) is 8.32. The van der Waals surface area contributed by atoms with Crippen LogP contribution in [0.5, 0.6) is 5.75 Å². The zero-order chi connectivity index (χ0) is 15.5. The summed E-state index contributed by atoms with van der Waals surface area (Å²) >= 11 is 0. The van der Waals surface area contributed by atoms with E-state index in [0.29, 0.717) is 31.7 Å². The number of benzene rings is 1. The van der Waals surface area contributed by atoms with Crippen LogP contribution < -0.4 is 9.46 Å². The molecule has 1 saturated heterocycles. The number of rotatable bonds is 4. The summed E-state index contributed by atoms with van der Waals surface area (Å²) in [5.74, 6) is 0.648. The number of methoxy groups -OCH3 is 1. The third-order valence-corrected chi connectivity index (χ3v) is 5.17. The molecule has 7 heteroatoms. The molecule has 1 N–H and O–H groups in total. The van der Waals surface area contributed by atoms with Crippen LogP contribution in [0.25, 0.3) is 0 Å². The molecule has 0 bridgehead atoms. The highest BCUT2D eigenvalue weighted by Crippen LogP contribution is 2.18. The van der Waals surface area contributed by atoms with Crippen molar-refractivity contribution >= 4 is 15.9 Å². The summed E-state index contributed by atoms with van der Waals surface area (Å²) in [6.45, 7) is 2.71. The van der Waals surface area contributed by atoms with Crippen molar-refractivity contribution in [3.8, 4) is 5.75 Å². The van der Waals surface area contributed by atoms with Gasteiger partial charge in [0.05, 0.1) is 12.0 Å². The third kappa shape index (κ3) is 3.95. The number of nitrogens with zero attached hydrogens (tertiary/aromatic N) is 1. The number of ether oxygens (including phenoxy) is 1. The predicted molar refractivity (Wildman–Crippen MR) is 78.6 cm³/mol. The zero-order valence-corrected chi connectivity index (χ0v) is 13.0. The van der Waals surface area contributed by atoms with Crippen molar-refractivity contribution in [3.05, 3.63) is 24.3 Å². The molecule has 1 aromatic rings. The monoisotopic (exact) mass is 312 g/mol. The summed E-state index contributed by atoms with van der Waals surface area (Å²) in [4.78, 5) is 13.2. The van der Waals surface area contributed by atoms with Crippen LogP contribution in [0.4, 0.5) is 0 Å². The summed E-state index contributed by atoms with van der Waals surface area (Å²) in [5, 5.41) is 0. The number of piperidine rings is 1. The van der Waals surface area contributed by atoms with Gasteiger partial charge in [0.25, 0.3) is 0 Å². The van der Waals surface area contributed by atoms with Crippen LogP contribution in [0.1, 0.15) is 19.8 Å². The molecule has 0 aliphatic carbocycles. The Morgan fingerprint density at radius 3 is 2.29 bits per heavy atom. The van der Waals surface area contributed by atoms with Gasteiger partial charge in [0, 0.05) is 26.1 Å². The standard InChI is InChI=1S/C14H20N2O4S/c1-11(17)16-9-7-12(8-10-16)15-21(18,19)14-5-3-13(20-2)4-6-14/h3-6,12,15H,7-10H2,1-2H3. The fourth-order valence-corrected chi connectivity index (χ4v) is 3.66. The second-order valence-corrected chi connectivity index (χ2v) is 6.79. The Hall–Kier alpha value is -1.60. The lowest BCUT2D eigenvalue weighted by molar-refractivity contribution is -0.129. The van der Waals surface area contributed by atoms with Crippen molar-refractivity contribution in [2.75, 3.05) is 20.2 Å². The molecule has 1 aliphatic rings. The van der Waals surface area contributed by atoms with Crippen LogP contribution in [0.3, 0.4) is 0 Å². The average molecular weight is 312 g/mol. The summed E-state index contributed by atoms with van der Waals surface area (Å²) in [6.07, 6.45) is 1.27. The van der Waals surface area contributed by atoms with E-state index in [1.54, 1.807) is 17.0 Å². The SMILES string of the molecule is COc1ccc(S(=O)(=O)NC2CCN(C(C)=O)CC2)cc1. The van der Waals surface area contributed by atoms with Gasteiger partial charge in [-0.2, -0.15) is 0 Å². The maximum Gasteiger partial charge on any atom is 0.240 e. The van der Waals surface area contributed by atoms with E-state index in [1.165, 1.54) is 26.2 Å². The quantitative estimate of drug-likeness (QED) is 0.899. The first kappa shape index (κ1) is 15.8. The highest BCUT2D eigenvalue weighted by molar-refractivity contribution is 7.89. The van der Waals surface area contributed by atoms with Gasteiger partial charge >= 0.3 is 0 Å². The van der Waals surface area contributed by atoms with E-state index in [1.807, 2.05) is 0 Å². The largest absolute Gasteiger partial charge is 0.497 e. The van der Waals surface area contributed by atoms with Crippen LogP contribution in [0, 0.1) is 0 Å². The molecule has 0 saturated carbocycles. The van der Waals surface area contributed by atoms with Gasteiger partial charge in [0.1, 0.15) is 5.75 Å². The van der Waals surface area contributed by atoms with Gasteiger partial charge in [-0.25, -0.2) is 13.1 Å². The Kier molecular flexibility index (Phi) is 4.84. The van der Waals surface area contributed by atoms with Crippen LogP contribution in [0.15, 0.2) is 29.2 Å². The second kappa shape index (κ2) is 6.44. The molecule has 1 aromatic carbocycles. The normalized spacial score (nSPS) is 16.8. The highest BCUT2D eigenvalue weighted by Gasteiger charge is 2.25. The summed E-state index contributed by atoms with van der Waals surface area (Å²) in [7, 11) is -2.00. The number of carbonyl (C=O) groups excluding carboxylic acids is 1. The van der Waals surface area contributed by atoms with Gasteiger partial charge in [0.2, 0.25) is 15.9 Å². The van der Waals surface area contributed by atoms with Gasteiger partial charge < -0.3 is 9.64 Å². The molecule has 1 aliphatic heterocycles. The molecular formula is C14H20N2O4S. The smallest absolute Gasteiger partial charge is 0.240 e. The third-order valence-electron chi connectivity index (χ3n) is 3.63. The Labute approximate surface area is 125 Å². The lowest BCUT2D eigenvalue weighted by atomic mass is 10.1. The molecule has 21 heavy (non-hydrogen) atoms. The van der Waals surface area contributed by atoms with E-state index < -0.39 is 10.0 Å². The Morgan fingerprint density at radius 2 is 1.81 bits per heavy atom. The van der Waals surface area contributed by atoms with Crippen molar-refractivity contribution < 1.29 is 17.9 Å². The molecule has 0 unspecified atom stereocenters.